The van der Waals surface area contributed by atoms with Crippen molar-refractivity contribution in [2.75, 3.05) is 6.54 Å². The maximum atomic E-state index is 10.1. The molecule has 5 heteroatoms. The van der Waals surface area contributed by atoms with E-state index in [-0.39, 0.29) is 6.54 Å². The zero-order valence-electron chi connectivity index (χ0n) is 5.53. The molecule has 0 aliphatic heterocycles. The zero-order valence-corrected chi connectivity index (χ0v) is 5.53. The topological polar surface area (TPSA) is 96.9 Å². The molecule has 0 aromatic heterocycles. The van der Waals surface area contributed by atoms with Gasteiger partial charge < -0.3 is 10.4 Å². The highest BCUT2D eigenvalue weighted by molar-refractivity contribution is 5.90. The van der Waals surface area contributed by atoms with Crippen LogP contribution in [0.2, 0.25) is 0 Å². The summed E-state index contributed by atoms with van der Waals surface area (Å²) in [6, 6.07) is 3.18. The number of hydrogen-bond acceptors (Lipinski definition) is 4. The number of rotatable bonds is 3. The minimum absolute atomic E-state index is 0.0154. The average molecular weight is 151 g/mol. The lowest BCUT2D eigenvalue weighted by atomic mass is 10.3. The number of carboxylic acids is 1. The summed E-state index contributed by atoms with van der Waals surface area (Å²) in [5.41, 5.74) is -0.416. The van der Waals surface area contributed by atoms with Gasteiger partial charge in [0.05, 0.1) is 6.07 Å². The Labute approximate surface area is 63.2 Å². The van der Waals surface area contributed by atoms with Crippen molar-refractivity contribution < 1.29 is 9.90 Å². The van der Waals surface area contributed by atoms with Crippen LogP contribution in [0.25, 0.3) is 0 Å². The molecule has 0 bridgehead atoms. The van der Waals surface area contributed by atoms with E-state index in [2.05, 4.69) is 5.32 Å². The molecule has 56 valence electrons. The first-order valence-electron chi connectivity index (χ1n) is 2.66. The second-order valence-corrected chi connectivity index (χ2v) is 1.51. The summed E-state index contributed by atoms with van der Waals surface area (Å²) in [4.78, 5) is 10.1. The number of nitrogens with one attached hydrogen (secondary N) is 1. The third kappa shape index (κ3) is 3.55. The van der Waals surface area contributed by atoms with E-state index in [1.807, 2.05) is 0 Å². The van der Waals surface area contributed by atoms with Gasteiger partial charge in [0.2, 0.25) is 0 Å². The van der Waals surface area contributed by atoms with Crippen molar-refractivity contribution in [1.82, 2.24) is 5.32 Å². The Morgan fingerprint density at radius 1 is 1.64 bits per heavy atom. The Hall–Kier alpha value is -2.01. The number of hydrogen-bond donors (Lipinski definition) is 2. The molecule has 0 aliphatic rings. The largest absolute Gasteiger partial charge is 0.477 e. The molecule has 0 spiro atoms. The van der Waals surface area contributed by atoms with E-state index >= 15 is 0 Å². The van der Waals surface area contributed by atoms with Gasteiger partial charge in [-0.2, -0.15) is 10.5 Å². The van der Waals surface area contributed by atoms with Crippen molar-refractivity contribution in [2.24, 2.45) is 0 Å². The number of aliphatic carboxylic acids is 1. The molecular formula is C6H5N3O2. The predicted octanol–water partition coefficient (Wildman–Crippen LogP) is -0.408. The molecule has 0 aromatic rings. The van der Waals surface area contributed by atoms with Gasteiger partial charge >= 0.3 is 5.97 Å². The third-order valence-corrected chi connectivity index (χ3v) is 0.778. The Morgan fingerprint density at radius 3 is 2.64 bits per heavy atom. The summed E-state index contributed by atoms with van der Waals surface area (Å²) in [7, 11) is 0. The first-order valence-corrected chi connectivity index (χ1v) is 2.66. The molecule has 0 unspecified atom stereocenters. The summed E-state index contributed by atoms with van der Waals surface area (Å²) in [5.74, 6) is -1.31. The smallest absolute Gasteiger partial charge is 0.347 e. The van der Waals surface area contributed by atoms with Crippen molar-refractivity contribution in [3.63, 3.8) is 0 Å². The number of nitriles is 2. The van der Waals surface area contributed by atoms with Crippen molar-refractivity contribution in [3.05, 3.63) is 11.8 Å². The summed E-state index contributed by atoms with van der Waals surface area (Å²) >= 11 is 0. The minimum Gasteiger partial charge on any atom is -0.477 e. The normalized spacial score (nSPS) is 9.45. The Kier molecular flexibility index (Phi) is 3.95. The molecule has 0 amide bonds. The van der Waals surface area contributed by atoms with Gasteiger partial charge in [-0.1, -0.05) is 0 Å². The zero-order chi connectivity index (χ0) is 8.69. The van der Waals surface area contributed by atoms with Crippen LogP contribution in [0.5, 0.6) is 0 Å². The maximum absolute atomic E-state index is 10.1. The van der Waals surface area contributed by atoms with Crippen LogP contribution >= 0.6 is 0 Å². The van der Waals surface area contributed by atoms with E-state index in [1.54, 1.807) is 6.07 Å². The molecule has 0 aliphatic carbocycles. The molecule has 0 radical (unpaired) electrons. The summed E-state index contributed by atoms with van der Waals surface area (Å²) in [6.07, 6.45) is 0.992. The molecular weight excluding hydrogens is 146 g/mol. The van der Waals surface area contributed by atoms with Crippen molar-refractivity contribution >= 4 is 5.97 Å². The Morgan fingerprint density at radius 2 is 2.27 bits per heavy atom. The average Bonchev–Trinajstić information content (AvgIpc) is 1.97. The van der Waals surface area contributed by atoms with Crippen molar-refractivity contribution in [3.8, 4) is 12.1 Å². The molecule has 0 saturated carbocycles. The maximum Gasteiger partial charge on any atom is 0.347 e. The molecule has 0 heterocycles. The van der Waals surface area contributed by atoms with Gasteiger partial charge in [-0.05, 0) is 0 Å². The quantitative estimate of drug-likeness (QED) is 0.247. The van der Waals surface area contributed by atoms with Crippen LogP contribution in [0.3, 0.4) is 0 Å². The fraction of sp³-hybridized carbons (Fsp3) is 0.167. The van der Waals surface area contributed by atoms with Gasteiger partial charge in [0.25, 0.3) is 0 Å². The van der Waals surface area contributed by atoms with E-state index in [1.165, 1.54) is 6.07 Å². The number of carbonyl (C=O) groups is 1. The molecule has 2 N–H and O–H groups in total. The van der Waals surface area contributed by atoms with Crippen molar-refractivity contribution in [2.45, 2.75) is 0 Å². The Bertz CT molecular complexity index is 256. The predicted molar refractivity (Wildman–Crippen MR) is 34.9 cm³/mol. The van der Waals surface area contributed by atoms with Crippen LogP contribution in [0.4, 0.5) is 0 Å². The summed E-state index contributed by atoms with van der Waals surface area (Å²) < 4.78 is 0. The lowest BCUT2D eigenvalue weighted by Gasteiger charge is -1.90. The van der Waals surface area contributed by atoms with Crippen LogP contribution in [-0.4, -0.2) is 17.6 Å². The van der Waals surface area contributed by atoms with Crippen LogP contribution in [0, 0.1) is 22.7 Å². The van der Waals surface area contributed by atoms with Gasteiger partial charge in [-0.15, -0.1) is 0 Å². The lowest BCUT2D eigenvalue weighted by Crippen LogP contribution is -2.09. The molecule has 0 aromatic carbocycles. The van der Waals surface area contributed by atoms with E-state index in [0.29, 0.717) is 0 Å². The van der Waals surface area contributed by atoms with E-state index in [9.17, 15) is 4.79 Å². The van der Waals surface area contributed by atoms with Gasteiger partial charge in [0.1, 0.15) is 12.6 Å². The van der Waals surface area contributed by atoms with Gasteiger partial charge in [0, 0.05) is 6.20 Å². The third-order valence-electron chi connectivity index (χ3n) is 0.778. The SMILES string of the molecule is N#CCNC=C(C#N)C(=O)O. The minimum atomic E-state index is -1.31. The molecule has 11 heavy (non-hydrogen) atoms. The summed E-state index contributed by atoms with van der Waals surface area (Å²) in [5, 5.41) is 26.8. The van der Waals surface area contributed by atoms with E-state index in [0.717, 1.165) is 6.20 Å². The van der Waals surface area contributed by atoms with Gasteiger partial charge in [0.15, 0.2) is 5.57 Å². The van der Waals surface area contributed by atoms with Crippen LogP contribution in [0.15, 0.2) is 11.8 Å². The highest BCUT2D eigenvalue weighted by Crippen LogP contribution is 1.87. The molecule has 5 nitrogen and oxygen atoms in total. The van der Waals surface area contributed by atoms with E-state index in [4.69, 9.17) is 15.6 Å². The second kappa shape index (κ2) is 4.83. The number of nitrogens with zero attached hydrogens (tertiary/aromatic N) is 2. The molecule has 0 saturated heterocycles. The van der Waals surface area contributed by atoms with Gasteiger partial charge in [-0.25, -0.2) is 4.79 Å². The molecule has 0 atom stereocenters. The fourth-order valence-electron chi connectivity index (χ4n) is 0.341. The second-order valence-electron chi connectivity index (χ2n) is 1.51. The monoisotopic (exact) mass is 151 g/mol. The van der Waals surface area contributed by atoms with Crippen LogP contribution in [0.1, 0.15) is 0 Å². The first kappa shape index (κ1) is 8.99. The fourth-order valence-corrected chi connectivity index (χ4v) is 0.341. The van der Waals surface area contributed by atoms with Gasteiger partial charge in [-0.3, -0.25) is 0 Å². The van der Waals surface area contributed by atoms with Crippen LogP contribution in [-0.2, 0) is 4.79 Å². The Balaban J connectivity index is 4.08. The van der Waals surface area contributed by atoms with E-state index < -0.39 is 11.5 Å². The first-order chi connectivity index (χ1) is 5.22. The summed E-state index contributed by atoms with van der Waals surface area (Å²) in [6.45, 7) is -0.0154. The number of carboxylic acid groups (broad SMARTS) is 1. The highest BCUT2D eigenvalue weighted by atomic mass is 16.4. The standard InChI is InChI=1S/C6H5N3O2/c7-1-2-9-4-5(3-8)6(10)11/h4,9H,2H2,(H,10,11). The van der Waals surface area contributed by atoms with Crippen molar-refractivity contribution in [1.29, 1.82) is 10.5 Å². The van der Waals surface area contributed by atoms with Crippen LogP contribution < -0.4 is 5.32 Å². The molecule has 0 rings (SSSR count). The lowest BCUT2D eigenvalue weighted by molar-refractivity contribution is -0.132. The highest BCUT2D eigenvalue weighted by Gasteiger charge is 2.03. The molecule has 0 fully saturated rings.